The normalized spacial score (nSPS) is 13.5. The van der Waals surface area contributed by atoms with E-state index in [1.807, 2.05) is 26.0 Å². The molecule has 7 nitrogen and oxygen atoms in total. The number of hydrogen-bond acceptors (Lipinski definition) is 5. The first kappa shape index (κ1) is 17.0. The number of carbonyl (C=O) groups is 3. The van der Waals surface area contributed by atoms with Gasteiger partial charge < -0.3 is 14.5 Å². The highest BCUT2D eigenvalue weighted by Crippen LogP contribution is 2.25. The maximum Gasteiger partial charge on any atom is 0.321 e. The van der Waals surface area contributed by atoms with E-state index in [2.05, 4.69) is 10.6 Å². The molecule has 0 aliphatic heterocycles. The van der Waals surface area contributed by atoms with Gasteiger partial charge in [-0.05, 0) is 49.9 Å². The van der Waals surface area contributed by atoms with Gasteiger partial charge >= 0.3 is 12.0 Å². The SMILES string of the molecule is Cc1cc2occ(CC(=O)OCC(=O)NC(=O)NC3CC3)c2cc1C. The Morgan fingerprint density at radius 3 is 2.64 bits per heavy atom. The molecule has 0 radical (unpaired) electrons. The zero-order chi connectivity index (χ0) is 18.0. The van der Waals surface area contributed by atoms with Crippen LogP contribution in [0.15, 0.2) is 22.8 Å². The molecule has 0 unspecified atom stereocenters. The number of furan rings is 1. The average molecular weight is 344 g/mol. The monoisotopic (exact) mass is 344 g/mol. The molecule has 1 aromatic carbocycles. The first-order valence-corrected chi connectivity index (χ1v) is 8.15. The fourth-order valence-electron chi connectivity index (χ4n) is 2.44. The molecule has 1 aliphatic carbocycles. The number of amides is 3. The Morgan fingerprint density at radius 1 is 1.20 bits per heavy atom. The summed E-state index contributed by atoms with van der Waals surface area (Å²) in [5.74, 6) is -1.21. The second-order valence-corrected chi connectivity index (χ2v) is 6.33. The maximum atomic E-state index is 11.9. The predicted molar refractivity (Wildman–Crippen MR) is 90.0 cm³/mol. The molecule has 1 saturated carbocycles. The molecule has 0 saturated heterocycles. The van der Waals surface area contributed by atoms with Crippen molar-refractivity contribution in [2.45, 2.75) is 39.2 Å². The van der Waals surface area contributed by atoms with Gasteiger partial charge in [-0.25, -0.2) is 4.79 Å². The summed E-state index contributed by atoms with van der Waals surface area (Å²) in [4.78, 5) is 34.9. The van der Waals surface area contributed by atoms with Crippen molar-refractivity contribution in [1.82, 2.24) is 10.6 Å². The van der Waals surface area contributed by atoms with E-state index in [1.54, 1.807) is 0 Å². The second kappa shape index (κ2) is 6.96. The quantitative estimate of drug-likeness (QED) is 0.810. The lowest BCUT2D eigenvalue weighted by Crippen LogP contribution is -2.42. The number of urea groups is 1. The molecule has 3 rings (SSSR count). The van der Waals surface area contributed by atoms with E-state index >= 15 is 0 Å². The number of rotatable bonds is 5. The minimum atomic E-state index is -0.657. The highest BCUT2D eigenvalue weighted by atomic mass is 16.5. The number of ether oxygens (including phenoxy) is 1. The van der Waals surface area contributed by atoms with Crippen LogP contribution in [0.3, 0.4) is 0 Å². The van der Waals surface area contributed by atoms with Gasteiger partial charge in [0.15, 0.2) is 6.61 Å². The third-order valence-electron chi connectivity index (χ3n) is 4.13. The highest BCUT2D eigenvalue weighted by molar-refractivity contribution is 5.96. The van der Waals surface area contributed by atoms with Crippen LogP contribution in [-0.2, 0) is 20.7 Å². The summed E-state index contributed by atoms with van der Waals surface area (Å²) in [6.45, 7) is 3.48. The van der Waals surface area contributed by atoms with Crippen molar-refractivity contribution in [2.24, 2.45) is 0 Å². The fraction of sp³-hybridized carbons (Fsp3) is 0.389. The minimum Gasteiger partial charge on any atom is -0.464 e. The molecule has 0 bridgehead atoms. The topological polar surface area (TPSA) is 97.6 Å². The Bertz CT molecular complexity index is 835. The number of esters is 1. The Hall–Kier alpha value is -2.83. The summed E-state index contributed by atoms with van der Waals surface area (Å²) in [7, 11) is 0. The summed E-state index contributed by atoms with van der Waals surface area (Å²) in [5, 5.41) is 5.59. The molecular weight excluding hydrogens is 324 g/mol. The lowest BCUT2D eigenvalue weighted by atomic mass is 10.0. The van der Waals surface area contributed by atoms with Crippen LogP contribution in [0.25, 0.3) is 11.0 Å². The van der Waals surface area contributed by atoms with Crippen molar-refractivity contribution >= 4 is 28.9 Å². The molecule has 2 aromatic rings. The number of benzene rings is 1. The summed E-state index contributed by atoms with van der Waals surface area (Å²) in [6, 6.07) is 3.48. The molecule has 1 aliphatic rings. The van der Waals surface area contributed by atoms with Gasteiger partial charge in [-0.15, -0.1) is 0 Å². The van der Waals surface area contributed by atoms with Crippen molar-refractivity contribution < 1.29 is 23.5 Å². The zero-order valence-corrected chi connectivity index (χ0v) is 14.2. The van der Waals surface area contributed by atoms with Crippen LogP contribution in [0.4, 0.5) is 4.79 Å². The standard InChI is InChI=1S/C18H20N2O5/c1-10-5-14-12(8-24-15(14)6-11(10)2)7-17(22)25-9-16(21)20-18(23)19-13-3-4-13/h5-6,8,13H,3-4,7,9H2,1-2H3,(H2,19,20,21,23). The van der Waals surface area contributed by atoms with Gasteiger partial charge in [0.25, 0.3) is 5.91 Å². The summed E-state index contributed by atoms with van der Waals surface area (Å²) in [5.41, 5.74) is 3.62. The van der Waals surface area contributed by atoms with E-state index in [9.17, 15) is 14.4 Å². The molecule has 132 valence electrons. The van der Waals surface area contributed by atoms with Gasteiger partial charge in [0.1, 0.15) is 5.58 Å². The minimum absolute atomic E-state index is 0.00293. The largest absolute Gasteiger partial charge is 0.464 e. The van der Waals surface area contributed by atoms with Crippen LogP contribution in [0, 0.1) is 13.8 Å². The third-order valence-corrected chi connectivity index (χ3v) is 4.13. The van der Waals surface area contributed by atoms with Crippen LogP contribution in [0.1, 0.15) is 29.5 Å². The van der Waals surface area contributed by atoms with Crippen LogP contribution in [0.5, 0.6) is 0 Å². The smallest absolute Gasteiger partial charge is 0.321 e. The molecule has 3 amide bonds. The molecule has 0 atom stereocenters. The Kier molecular flexibility index (Phi) is 4.74. The lowest BCUT2D eigenvalue weighted by Gasteiger charge is -2.06. The van der Waals surface area contributed by atoms with Gasteiger partial charge in [0, 0.05) is 17.0 Å². The molecular formula is C18H20N2O5. The van der Waals surface area contributed by atoms with Crippen LogP contribution < -0.4 is 10.6 Å². The summed E-state index contributed by atoms with van der Waals surface area (Å²) < 4.78 is 10.4. The van der Waals surface area contributed by atoms with E-state index in [4.69, 9.17) is 9.15 Å². The van der Waals surface area contributed by atoms with Crippen LogP contribution in [-0.4, -0.2) is 30.6 Å². The summed E-state index contributed by atoms with van der Waals surface area (Å²) in [6.07, 6.45) is 3.37. The lowest BCUT2D eigenvalue weighted by molar-refractivity contribution is -0.147. The Morgan fingerprint density at radius 2 is 1.92 bits per heavy atom. The van der Waals surface area contributed by atoms with Crippen molar-refractivity contribution in [1.29, 1.82) is 0 Å². The highest BCUT2D eigenvalue weighted by Gasteiger charge is 2.24. The number of fused-ring (bicyclic) bond motifs is 1. The number of carbonyl (C=O) groups excluding carboxylic acids is 3. The number of imide groups is 1. The number of hydrogen-bond donors (Lipinski definition) is 2. The van der Waals surface area contributed by atoms with Gasteiger partial charge in [-0.3, -0.25) is 14.9 Å². The van der Waals surface area contributed by atoms with Crippen molar-refractivity contribution in [3.05, 3.63) is 35.1 Å². The van der Waals surface area contributed by atoms with Gasteiger partial charge in [0.2, 0.25) is 0 Å². The first-order chi connectivity index (χ1) is 11.9. The molecule has 7 heteroatoms. The van der Waals surface area contributed by atoms with Crippen LogP contribution in [0.2, 0.25) is 0 Å². The second-order valence-electron chi connectivity index (χ2n) is 6.33. The molecule has 1 heterocycles. The predicted octanol–water partition coefficient (Wildman–Crippen LogP) is 2.12. The average Bonchev–Trinajstić information content (AvgIpc) is 3.28. The van der Waals surface area contributed by atoms with Crippen molar-refractivity contribution in [3.63, 3.8) is 0 Å². The van der Waals surface area contributed by atoms with Crippen molar-refractivity contribution in [3.8, 4) is 0 Å². The molecule has 2 N–H and O–H groups in total. The van der Waals surface area contributed by atoms with E-state index in [1.165, 1.54) is 6.26 Å². The molecule has 0 spiro atoms. The van der Waals surface area contributed by atoms with E-state index < -0.39 is 24.5 Å². The van der Waals surface area contributed by atoms with Crippen LogP contribution >= 0.6 is 0 Å². The Balaban J connectivity index is 1.51. The molecule has 25 heavy (non-hydrogen) atoms. The van der Waals surface area contributed by atoms with Gasteiger partial charge in [0.05, 0.1) is 12.7 Å². The van der Waals surface area contributed by atoms with Gasteiger partial charge in [-0.1, -0.05) is 0 Å². The van der Waals surface area contributed by atoms with E-state index in [0.29, 0.717) is 11.1 Å². The van der Waals surface area contributed by atoms with Crippen molar-refractivity contribution in [2.75, 3.05) is 6.61 Å². The number of aryl methyl sites for hydroxylation is 2. The summed E-state index contributed by atoms with van der Waals surface area (Å²) >= 11 is 0. The fourth-order valence-corrected chi connectivity index (χ4v) is 2.44. The van der Waals surface area contributed by atoms with Gasteiger partial charge in [-0.2, -0.15) is 0 Å². The number of nitrogens with one attached hydrogen (secondary N) is 2. The zero-order valence-electron chi connectivity index (χ0n) is 14.2. The first-order valence-electron chi connectivity index (χ1n) is 8.15. The van der Waals surface area contributed by atoms with E-state index in [0.717, 1.165) is 29.4 Å². The Labute approximate surface area is 144 Å². The molecule has 1 fully saturated rings. The van der Waals surface area contributed by atoms with E-state index in [-0.39, 0.29) is 12.5 Å². The molecule has 1 aromatic heterocycles. The maximum absolute atomic E-state index is 11.9. The third kappa shape index (κ3) is 4.37.